The van der Waals surface area contributed by atoms with Gasteiger partial charge in [-0.2, -0.15) is 5.10 Å². The fourth-order valence-corrected chi connectivity index (χ4v) is 2.87. The number of rotatable bonds is 6. The van der Waals surface area contributed by atoms with Crippen LogP contribution in [0.15, 0.2) is 52.0 Å². The van der Waals surface area contributed by atoms with E-state index >= 15 is 0 Å². The molecule has 0 unspecified atom stereocenters. The van der Waals surface area contributed by atoms with Crippen molar-refractivity contribution in [2.45, 2.75) is 6.92 Å². The lowest BCUT2D eigenvalue weighted by atomic mass is 10.1. The number of benzene rings is 2. The predicted octanol–water partition coefficient (Wildman–Crippen LogP) is 3.98. The molecule has 5 nitrogen and oxygen atoms in total. The van der Waals surface area contributed by atoms with E-state index in [1.54, 1.807) is 19.2 Å². The van der Waals surface area contributed by atoms with Gasteiger partial charge in [0.1, 0.15) is 11.5 Å². The first-order chi connectivity index (χ1) is 11.5. The average Bonchev–Trinajstić information content (AvgIpc) is 2.58. The highest BCUT2D eigenvalue weighted by atomic mass is 127. The van der Waals surface area contributed by atoms with Crippen molar-refractivity contribution in [3.05, 3.63) is 56.1 Å². The van der Waals surface area contributed by atoms with Crippen molar-refractivity contribution in [1.29, 1.82) is 0 Å². The fraction of sp³-hybridized carbons (Fsp3) is 0.176. The number of carbonyl (C=O) groups is 1. The first kappa shape index (κ1) is 18.7. The van der Waals surface area contributed by atoms with Gasteiger partial charge in [-0.15, -0.1) is 0 Å². The zero-order valence-electron chi connectivity index (χ0n) is 13.2. The van der Waals surface area contributed by atoms with Crippen LogP contribution in [0.1, 0.15) is 12.5 Å². The largest absolute Gasteiger partial charge is 0.497 e. The third-order valence-electron chi connectivity index (χ3n) is 3.09. The molecule has 0 aromatic heterocycles. The Hall–Kier alpha value is -1.61. The molecule has 2 rings (SSSR count). The van der Waals surface area contributed by atoms with Gasteiger partial charge < -0.3 is 9.47 Å². The maximum Gasteiger partial charge on any atom is 0.277 e. The van der Waals surface area contributed by atoms with E-state index in [4.69, 9.17) is 9.47 Å². The highest BCUT2D eigenvalue weighted by molar-refractivity contribution is 14.1. The predicted molar refractivity (Wildman–Crippen MR) is 106 cm³/mol. The van der Waals surface area contributed by atoms with Crippen LogP contribution in [0.3, 0.4) is 0 Å². The molecule has 0 heterocycles. The van der Waals surface area contributed by atoms with Gasteiger partial charge >= 0.3 is 0 Å². The number of hydrazone groups is 1. The molecule has 7 heteroatoms. The van der Waals surface area contributed by atoms with E-state index in [-0.39, 0.29) is 12.5 Å². The van der Waals surface area contributed by atoms with Gasteiger partial charge in [0.15, 0.2) is 6.61 Å². The summed E-state index contributed by atoms with van der Waals surface area (Å²) >= 11 is 5.54. The van der Waals surface area contributed by atoms with Gasteiger partial charge in [0, 0.05) is 4.47 Å². The van der Waals surface area contributed by atoms with Gasteiger partial charge in [0.05, 0.1) is 16.4 Å². The van der Waals surface area contributed by atoms with Gasteiger partial charge in [-0.3, -0.25) is 4.79 Å². The standard InChI is InChI=1S/C17H16BrIN2O3/c1-11(12-4-3-5-13(18)8-12)20-21-17(22)10-24-16-7-6-14(23-2)9-15(16)19/h3-9H,10H2,1-2H3,(H,21,22). The van der Waals surface area contributed by atoms with Crippen LogP contribution in [-0.2, 0) is 4.79 Å². The summed E-state index contributed by atoms with van der Waals surface area (Å²) in [5.41, 5.74) is 4.13. The third-order valence-corrected chi connectivity index (χ3v) is 4.42. The SMILES string of the molecule is COc1ccc(OCC(=O)NN=C(C)c2cccc(Br)c2)c(I)c1. The zero-order valence-corrected chi connectivity index (χ0v) is 16.9. The van der Waals surface area contributed by atoms with Crippen molar-refractivity contribution in [3.63, 3.8) is 0 Å². The minimum absolute atomic E-state index is 0.113. The number of nitrogens with zero attached hydrogens (tertiary/aromatic N) is 1. The smallest absolute Gasteiger partial charge is 0.277 e. The first-order valence-electron chi connectivity index (χ1n) is 7.05. The van der Waals surface area contributed by atoms with E-state index < -0.39 is 0 Å². The van der Waals surface area contributed by atoms with E-state index in [1.165, 1.54) is 0 Å². The van der Waals surface area contributed by atoms with Gasteiger partial charge in [-0.1, -0.05) is 28.1 Å². The van der Waals surface area contributed by atoms with Crippen LogP contribution in [0.5, 0.6) is 11.5 Å². The zero-order chi connectivity index (χ0) is 17.5. The number of halogens is 2. The van der Waals surface area contributed by atoms with Crippen LogP contribution in [0.4, 0.5) is 0 Å². The van der Waals surface area contributed by atoms with Crippen LogP contribution < -0.4 is 14.9 Å². The molecule has 0 bridgehead atoms. The summed E-state index contributed by atoms with van der Waals surface area (Å²) in [6.07, 6.45) is 0. The van der Waals surface area contributed by atoms with Gasteiger partial charge in [0.25, 0.3) is 5.91 Å². The van der Waals surface area contributed by atoms with E-state index in [1.807, 2.05) is 37.3 Å². The molecule has 0 spiro atoms. The molecule has 0 atom stereocenters. The second-order valence-electron chi connectivity index (χ2n) is 4.83. The lowest BCUT2D eigenvalue weighted by Crippen LogP contribution is -2.25. The van der Waals surface area contributed by atoms with E-state index in [0.717, 1.165) is 19.4 Å². The molecule has 2 aromatic carbocycles. The number of hydrogen-bond donors (Lipinski definition) is 1. The maximum absolute atomic E-state index is 11.9. The Bertz CT molecular complexity index is 765. The van der Waals surface area contributed by atoms with Gasteiger partial charge in [0.2, 0.25) is 0 Å². The average molecular weight is 503 g/mol. The number of methoxy groups -OCH3 is 1. The molecule has 0 radical (unpaired) electrons. The van der Waals surface area contributed by atoms with Gasteiger partial charge in [-0.05, 0) is 65.4 Å². The lowest BCUT2D eigenvalue weighted by Gasteiger charge is -2.09. The molecule has 0 fully saturated rings. The topological polar surface area (TPSA) is 59.9 Å². The molecule has 0 saturated heterocycles. The summed E-state index contributed by atoms with van der Waals surface area (Å²) in [5.74, 6) is 1.04. The minimum Gasteiger partial charge on any atom is -0.497 e. The quantitative estimate of drug-likeness (QED) is 0.369. The number of nitrogens with one attached hydrogen (secondary N) is 1. The second-order valence-corrected chi connectivity index (χ2v) is 6.91. The van der Waals surface area contributed by atoms with Crippen molar-refractivity contribution in [1.82, 2.24) is 5.43 Å². The molecule has 126 valence electrons. The summed E-state index contributed by atoms with van der Waals surface area (Å²) in [5, 5.41) is 4.09. The highest BCUT2D eigenvalue weighted by Crippen LogP contribution is 2.25. The summed E-state index contributed by atoms with van der Waals surface area (Å²) < 4.78 is 12.5. The first-order valence-corrected chi connectivity index (χ1v) is 8.92. The molecular weight excluding hydrogens is 487 g/mol. The van der Waals surface area contributed by atoms with E-state index in [9.17, 15) is 4.79 Å². The van der Waals surface area contributed by atoms with Crippen LogP contribution >= 0.6 is 38.5 Å². The van der Waals surface area contributed by atoms with Crippen molar-refractivity contribution in [3.8, 4) is 11.5 Å². The Morgan fingerprint density at radius 2 is 2.08 bits per heavy atom. The Labute approximate surface area is 162 Å². The molecule has 24 heavy (non-hydrogen) atoms. The number of hydrogen-bond acceptors (Lipinski definition) is 4. The molecule has 0 saturated carbocycles. The van der Waals surface area contributed by atoms with E-state index in [2.05, 4.69) is 49.0 Å². The number of ether oxygens (including phenoxy) is 2. The number of carbonyl (C=O) groups excluding carboxylic acids is 1. The molecule has 0 aliphatic carbocycles. The van der Waals surface area contributed by atoms with Crippen LogP contribution in [0.2, 0.25) is 0 Å². The normalized spacial score (nSPS) is 11.1. The lowest BCUT2D eigenvalue weighted by molar-refractivity contribution is -0.123. The van der Waals surface area contributed by atoms with Crippen LogP contribution in [0.25, 0.3) is 0 Å². The number of amides is 1. The van der Waals surface area contributed by atoms with Crippen LogP contribution in [0, 0.1) is 3.57 Å². The molecular formula is C17H16BrIN2O3. The van der Waals surface area contributed by atoms with Gasteiger partial charge in [-0.25, -0.2) is 5.43 Å². The molecule has 0 aliphatic heterocycles. The Morgan fingerprint density at radius 1 is 1.29 bits per heavy atom. The van der Waals surface area contributed by atoms with Crippen molar-refractivity contribution >= 4 is 50.1 Å². The molecule has 2 aromatic rings. The molecule has 0 aliphatic rings. The van der Waals surface area contributed by atoms with Crippen LogP contribution in [-0.4, -0.2) is 25.3 Å². The summed E-state index contributed by atoms with van der Waals surface area (Å²) in [4.78, 5) is 11.9. The monoisotopic (exact) mass is 502 g/mol. The van der Waals surface area contributed by atoms with E-state index in [0.29, 0.717) is 11.5 Å². The summed E-state index contributed by atoms with van der Waals surface area (Å²) in [7, 11) is 1.60. The van der Waals surface area contributed by atoms with Crippen molar-refractivity contribution in [2.24, 2.45) is 5.10 Å². The third kappa shape index (κ3) is 5.48. The Balaban J connectivity index is 1.90. The molecule has 1 N–H and O–H groups in total. The van der Waals surface area contributed by atoms with Crippen molar-refractivity contribution < 1.29 is 14.3 Å². The highest BCUT2D eigenvalue weighted by Gasteiger charge is 2.07. The summed E-state index contributed by atoms with van der Waals surface area (Å²) in [6, 6.07) is 13.1. The maximum atomic E-state index is 11.9. The van der Waals surface area contributed by atoms with Crippen molar-refractivity contribution in [2.75, 3.05) is 13.7 Å². The Morgan fingerprint density at radius 3 is 2.75 bits per heavy atom. The summed E-state index contributed by atoms with van der Waals surface area (Å²) in [6.45, 7) is 1.72. The fourth-order valence-electron chi connectivity index (χ4n) is 1.83. The Kier molecular flexibility index (Phi) is 7.04. The molecule has 1 amide bonds. The second kappa shape index (κ2) is 9.03. The minimum atomic E-state index is -0.323.